The van der Waals surface area contributed by atoms with Crippen LogP contribution in [0.5, 0.6) is 0 Å². The lowest BCUT2D eigenvalue weighted by Gasteiger charge is -2.27. The molecule has 2 aromatic rings. The maximum atomic E-state index is 5.47. The number of benzene rings is 2. The van der Waals surface area contributed by atoms with Gasteiger partial charge in [0.25, 0.3) is 0 Å². The van der Waals surface area contributed by atoms with Gasteiger partial charge >= 0.3 is 0 Å². The number of guanidine groups is 1. The van der Waals surface area contributed by atoms with E-state index in [2.05, 4.69) is 77.9 Å². The maximum Gasteiger partial charge on any atom is 0.191 e. The van der Waals surface area contributed by atoms with Gasteiger partial charge in [0.1, 0.15) is 0 Å². The number of nitrogens with one attached hydrogen (secondary N) is 2. The molecular weight excluding hydrogens is 475 g/mol. The van der Waals surface area contributed by atoms with Crippen LogP contribution >= 0.6 is 24.0 Å². The smallest absolute Gasteiger partial charge is 0.191 e. The first kappa shape index (κ1) is 23.6. The second kappa shape index (κ2) is 12.8. The number of morpholine rings is 1. The zero-order valence-corrected chi connectivity index (χ0v) is 19.8. The zero-order chi connectivity index (χ0) is 19.6. The van der Waals surface area contributed by atoms with E-state index < -0.39 is 0 Å². The average molecular weight is 508 g/mol. The van der Waals surface area contributed by atoms with E-state index in [-0.39, 0.29) is 24.0 Å². The Bertz CT molecular complexity index is 758. The minimum atomic E-state index is 0. The standard InChI is InChI=1S/C23H32N4O.HI/c1-3-24-23(25-16-20-10-8-19(2)9-11-20)26-17-21-6-4-5-7-22(21)18-27-12-14-28-15-13-27;/h4-11H,3,12-18H2,1-2H3,(H2,24,25,26);1H. The van der Waals surface area contributed by atoms with Crippen molar-refractivity contribution in [2.75, 3.05) is 32.8 Å². The summed E-state index contributed by atoms with van der Waals surface area (Å²) < 4.78 is 5.47. The summed E-state index contributed by atoms with van der Waals surface area (Å²) in [6.45, 7) is 11.1. The molecule has 158 valence electrons. The van der Waals surface area contributed by atoms with Gasteiger partial charge in [-0.1, -0.05) is 54.1 Å². The number of ether oxygens (including phenoxy) is 1. The van der Waals surface area contributed by atoms with Crippen molar-refractivity contribution in [3.8, 4) is 0 Å². The van der Waals surface area contributed by atoms with E-state index in [4.69, 9.17) is 9.73 Å². The summed E-state index contributed by atoms with van der Waals surface area (Å²) in [6.07, 6.45) is 0. The number of rotatable bonds is 7. The van der Waals surface area contributed by atoms with Crippen LogP contribution in [-0.4, -0.2) is 43.7 Å². The first-order chi connectivity index (χ1) is 13.7. The molecule has 3 rings (SSSR count). The van der Waals surface area contributed by atoms with Crippen molar-refractivity contribution in [3.63, 3.8) is 0 Å². The number of aliphatic imine (C=N–C) groups is 1. The third kappa shape index (κ3) is 7.95. The van der Waals surface area contributed by atoms with Gasteiger partial charge in [0.05, 0.1) is 19.8 Å². The molecule has 2 aromatic carbocycles. The molecule has 0 unspecified atom stereocenters. The number of hydrogen-bond donors (Lipinski definition) is 2. The zero-order valence-electron chi connectivity index (χ0n) is 17.5. The Hall–Kier alpha value is -1.64. The quantitative estimate of drug-likeness (QED) is 0.340. The molecule has 0 aliphatic carbocycles. The van der Waals surface area contributed by atoms with Crippen LogP contribution in [0.4, 0.5) is 0 Å². The Labute approximate surface area is 192 Å². The largest absolute Gasteiger partial charge is 0.379 e. The highest BCUT2D eigenvalue weighted by atomic mass is 127. The van der Waals surface area contributed by atoms with E-state index in [1.54, 1.807) is 0 Å². The van der Waals surface area contributed by atoms with Crippen molar-refractivity contribution >= 4 is 29.9 Å². The number of halogens is 1. The van der Waals surface area contributed by atoms with Gasteiger partial charge in [0.15, 0.2) is 5.96 Å². The highest BCUT2D eigenvalue weighted by Gasteiger charge is 2.12. The maximum absolute atomic E-state index is 5.47. The second-order valence-corrected chi connectivity index (χ2v) is 7.19. The average Bonchev–Trinajstić information content (AvgIpc) is 2.73. The predicted molar refractivity (Wildman–Crippen MR) is 131 cm³/mol. The lowest BCUT2D eigenvalue weighted by Crippen LogP contribution is -2.38. The first-order valence-corrected chi connectivity index (χ1v) is 10.2. The molecule has 5 nitrogen and oxygen atoms in total. The van der Waals surface area contributed by atoms with E-state index in [1.165, 1.54) is 22.3 Å². The van der Waals surface area contributed by atoms with Crippen LogP contribution in [0, 0.1) is 6.92 Å². The molecule has 6 heteroatoms. The summed E-state index contributed by atoms with van der Waals surface area (Å²) in [5, 5.41) is 6.84. The second-order valence-electron chi connectivity index (χ2n) is 7.19. The SMILES string of the molecule is CCNC(=NCc1ccc(C)cc1)NCc1ccccc1CN1CCOCC1.I. The van der Waals surface area contributed by atoms with E-state index in [9.17, 15) is 0 Å². The van der Waals surface area contributed by atoms with Gasteiger partial charge in [-0.2, -0.15) is 0 Å². The number of hydrogen-bond acceptors (Lipinski definition) is 3. The summed E-state index contributed by atoms with van der Waals surface area (Å²) >= 11 is 0. The topological polar surface area (TPSA) is 48.9 Å². The van der Waals surface area contributed by atoms with Crippen molar-refractivity contribution in [1.82, 2.24) is 15.5 Å². The first-order valence-electron chi connectivity index (χ1n) is 10.2. The van der Waals surface area contributed by atoms with Gasteiger partial charge in [-0.15, -0.1) is 24.0 Å². The molecule has 0 atom stereocenters. The summed E-state index contributed by atoms with van der Waals surface area (Å²) in [5.41, 5.74) is 5.17. The van der Waals surface area contributed by atoms with Gasteiger partial charge in [-0.25, -0.2) is 4.99 Å². The molecule has 0 spiro atoms. The minimum absolute atomic E-state index is 0. The Morgan fingerprint density at radius 3 is 2.38 bits per heavy atom. The van der Waals surface area contributed by atoms with Gasteiger partial charge in [-0.3, -0.25) is 4.90 Å². The molecule has 0 amide bonds. The van der Waals surface area contributed by atoms with E-state index in [0.29, 0.717) is 6.54 Å². The van der Waals surface area contributed by atoms with Crippen LogP contribution in [0.1, 0.15) is 29.2 Å². The Balaban J connectivity index is 0.00000300. The lowest BCUT2D eigenvalue weighted by atomic mass is 10.1. The monoisotopic (exact) mass is 508 g/mol. The molecule has 0 radical (unpaired) electrons. The van der Waals surface area contributed by atoms with Crippen LogP contribution in [0.25, 0.3) is 0 Å². The van der Waals surface area contributed by atoms with Crippen molar-refractivity contribution in [2.45, 2.75) is 33.5 Å². The molecule has 1 aliphatic heterocycles. The number of nitrogens with zero attached hydrogens (tertiary/aromatic N) is 2. The molecule has 1 saturated heterocycles. The minimum Gasteiger partial charge on any atom is -0.379 e. The fraction of sp³-hybridized carbons (Fsp3) is 0.435. The Morgan fingerprint density at radius 2 is 1.69 bits per heavy atom. The molecule has 1 aliphatic rings. The van der Waals surface area contributed by atoms with Crippen LogP contribution in [-0.2, 0) is 24.4 Å². The van der Waals surface area contributed by atoms with Crippen molar-refractivity contribution in [3.05, 3.63) is 70.8 Å². The van der Waals surface area contributed by atoms with Gasteiger partial charge in [0.2, 0.25) is 0 Å². The molecular formula is C23H33IN4O. The normalized spacial score (nSPS) is 14.9. The molecule has 0 aromatic heterocycles. The Morgan fingerprint density at radius 1 is 1.00 bits per heavy atom. The van der Waals surface area contributed by atoms with Crippen LogP contribution in [0.2, 0.25) is 0 Å². The summed E-state index contributed by atoms with van der Waals surface area (Å²) in [5.74, 6) is 0.851. The number of aryl methyl sites for hydroxylation is 1. The van der Waals surface area contributed by atoms with Crippen molar-refractivity contribution < 1.29 is 4.74 Å². The van der Waals surface area contributed by atoms with E-state index in [0.717, 1.165) is 51.9 Å². The fourth-order valence-corrected chi connectivity index (χ4v) is 3.27. The lowest BCUT2D eigenvalue weighted by molar-refractivity contribution is 0.0341. The molecule has 1 fully saturated rings. The third-order valence-electron chi connectivity index (χ3n) is 4.95. The van der Waals surface area contributed by atoms with E-state index in [1.807, 2.05) is 0 Å². The van der Waals surface area contributed by atoms with Gasteiger partial charge < -0.3 is 15.4 Å². The predicted octanol–water partition coefficient (Wildman–Crippen LogP) is 3.70. The van der Waals surface area contributed by atoms with Crippen molar-refractivity contribution in [1.29, 1.82) is 0 Å². The molecule has 0 bridgehead atoms. The Kier molecular flexibility index (Phi) is 10.5. The van der Waals surface area contributed by atoms with Gasteiger partial charge in [0, 0.05) is 32.7 Å². The highest BCUT2D eigenvalue weighted by Crippen LogP contribution is 2.13. The summed E-state index contributed by atoms with van der Waals surface area (Å²) in [7, 11) is 0. The van der Waals surface area contributed by atoms with Crippen LogP contribution in [0.3, 0.4) is 0 Å². The molecule has 29 heavy (non-hydrogen) atoms. The van der Waals surface area contributed by atoms with E-state index >= 15 is 0 Å². The fourth-order valence-electron chi connectivity index (χ4n) is 3.27. The van der Waals surface area contributed by atoms with Crippen LogP contribution < -0.4 is 10.6 Å². The van der Waals surface area contributed by atoms with Gasteiger partial charge in [-0.05, 0) is 30.5 Å². The molecule has 1 heterocycles. The van der Waals surface area contributed by atoms with Crippen molar-refractivity contribution in [2.24, 2.45) is 4.99 Å². The highest BCUT2D eigenvalue weighted by molar-refractivity contribution is 14.0. The third-order valence-corrected chi connectivity index (χ3v) is 4.95. The molecule has 2 N–H and O–H groups in total. The summed E-state index contributed by atoms with van der Waals surface area (Å²) in [4.78, 5) is 7.20. The molecule has 0 saturated carbocycles. The summed E-state index contributed by atoms with van der Waals surface area (Å²) in [6, 6.07) is 17.2. The van der Waals surface area contributed by atoms with Crippen LogP contribution in [0.15, 0.2) is 53.5 Å².